The van der Waals surface area contributed by atoms with Crippen molar-refractivity contribution in [2.24, 2.45) is 11.7 Å². The standard InChI is InChI=1S/C17H32N4/c1-4-15-11-16(21(6-3)19-15)13-20(5-2)17-10-8-7-9-14(17)12-18/h11,14,17H,4-10,12-13,18H2,1-3H3. The summed E-state index contributed by atoms with van der Waals surface area (Å²) in [7, 11) is 0. The molecule has 1 heterocycles. The van der Waals surface area contributed by atoms with Gasteiger partial charge in [-0.25, -0.2) is 0 Å². The van der Waals surface area contributed by atoms with Gasteiger partial charge in [0.15, 0.2) is 0 Å². The van der Waals surface area contributed by atoms with Crippen LogP contribution in [0.4, 0.5) is 0 Å². The summed E-state index contributed by atoms with van der Waals surface area (Å²) in [6.07, 6.45) is 6.32. The van der Waals surface area contributed by atoms with Crippen LogP contribution in [0, 0.1) is 5.92 Å². The van der Waals surface area contributed by atoms with Crippen molar-refractivity contribution in [3.05, 3.63) is 17.5 Å². The average Bonchev–Trinajstić information content (AvgIpc) is 2.94. The summed E-state index contributed by atoms with van der Waals surface area (Å²) < 4.78 is 2.17. The topological polar surface area (TPSA) is 47.1 Å². The van der Waals surface area contributed by atoms with Gasteiger partial charge >= 0.3 is 0 Å². The lowest BCUT2D eigenvalue weighted by atomic mass is 9.83. The molecule has 1 aromatic heterocycles. The fourth-order valence-electron chi connectivity index (χ4n) is 3.70. The van der Waals surface area contributed by atoms with Crippen LogP contribution in [0.15, 0.2) is 6.07 Å². The zero-order valence-electron chi connectivity index (χ0n) is 14.0. The highest BCUT2D eigenvalue weighted by Gasteiger charge is 2.29. The minimum atomic E-state index is 0.652. The molecule has 2 rings (SSSR count). The van der Waals surface area contributed by atoms with Gasteiger partial charge in [0.2, 0.25) is 0 Å². The molecule has 0 radical (unpaired) electrons. The molecule has 1 aliphatic rings. The molecule has 0 spiro atoms. The summed E-state index contributed by atoms with van der Waals surface area (Å²) in [5.41, 5.74) is 8.59. The van der Waals surface area contributed by atoms with Gasteiger partial charge in [0, 0.05) is 19.1 Å². The van der Waals surface area contributed by atoms with Crippen LogP contribution in [0.5, 0.6) is 0 Å². The molecule has 4 heteroatoms. The second kappa shape index (κ2) is 7.95. The van der Waals surface area contributed by atoms with Crippen LogP contribution < -0.4 is 5.73 Å². The molecular weight excluding hydrogens is 260 g/mol. The van der Waals surface area contributed by atoms with E-state index >= 15 is 0 Å². The monoisotopic (exact) mass is 292 g/mol. The van der Waals surface area contributed by atoms with Gasteiger partial charge in [-0.2, -0.15) is 5.10 Å². The van der Waals surface area contributed by atoms with Crippen molar-refractivity contribution in [1.29, 1.82) is 0 Å². The van der Waals surface area contributed by atoms with Crippen LogP contribution in [0.2, 0.25) is 0 Å². The van der Waals surface area contributed by atoms with Gasteiger partial charge in [-0.3, -0.25) is 9.58 Å². The first-order valence-electron chi connectivity index (χ1n) is 8.73. The molecule has 0 aliphatic heterocycles. The van der Waals surface area contributed by atoms with Crippen molar-refractivity contribution < 1.29 is 0 Å². The van der Waals surface area contributed by atoms with Gasteiger partial charge in [-0.05, 0) is 51.3 Å². The first-order chi connectivity index (χ1) is 10.2. The zero-order valence-corrected chi connectivity index (χ0v) is 14.0. The van der Waals surface area contributed by atoms with Gasteiger partial charge in [0.1, 0.15) is 0 Å². The van der Waals surface area contributed by atoms with E-state index in [1.165, 1.54) is 37.1 Å². The Kier molecular flexibility index (Phi) is 6.24. The van der Waals surface area contributed by atoms with Crippen LogP contribution >= 0.6 is 0 Å². The average molecular weight is 292 g/mol. The van der Waals surface area contributed by atoms with Crippen molar-refractivity contribution in [3.63, 3.8) is 0 Å². The third-order valence-corrected chi connectivity index (χ3v) is 4.99. The maximum absolute atomic E-state index is 6.02. The minimum absolute atomic E-state index is 0.652. The summed E-state index contributed by atoms with van der Waals surface area (Å²) in [6, 6.07) is 2.94. The van der Waals surface area contributed by atoms with Gasteiger partial charge < -0.3 is 5.73 Å². The second-order valence-electron chi connectivity index (χ2n) is 6.21. The van der Waals surface area contributed by atoms with Gasteiger partial charge in [-0.15, -0.1) is 0 Å². The fraction of sp³-hybridized carbons (Fsp3) is 0.824. The normalized spacial score (nSPS) is 22.9. The Balaban J connectivity index is 2.12. The molecule has 4 nitrogen and oxygen atoms in total. The summed E-state index contributed by atoms with van der Waals surface area (Å²) in [5.74, 6) is 0.669. The Morgan fingerprint density at radius 3 is 2.67 bits per heavy atom. The Bertz CT molecular complexity index is 426. The third kappa shape index (κ3) is 3.86. The summed E-state index contributed by atoms with van der Waals surface area (Å²) in [4.78, 5) is 2.62. The zero-order chi connectivity index (χ0) is 15.2. The molecule has 1 aromatic rings. The van der Waals surface area contributed by atoms with Crippen molar-refractivity contribution in [2.75, 3.05) is 13.1 Å². The van der Waals surface area contributed by atoms with Crippen LogP contribution in [-0.2, 0) is 19.5 Å². The van der Waals surface area contributed by atoms with Gasteiger partial charge in [-0.1, -0.05) is 26.7 Å². The van der Waals surface area contributed by atoms with E-state index in [-0.39, 0.29) is 0 Å². The number of aryl methyl sites for hydroxylation is 2. The highest BCUT2D eigenvalue weighted by Crippen LogP contribution is 2.29. The number of aromatic nitrogens is 2. The van der Waals surface area contributed by atoms with E-state index < -0.39 is 0 Å². The first kappa shape index (κ1) is 16.5. The molecular formula is C17H32N4. The number of nitrogens with two attached hydrogens (primary N) is 1. The molecule has 0 saturated heterocycles. The van der Waals surface area contributed by atoms with Crippen molar-refractivity contribution in [1.82, 2.24) is 14.7 Å². The molecule has 1 saturated carbocycles. The van der Waals surface area contributed by atoms with Crippen molar-refractivity contribution in [3.8, 4) is 0 Å². The smallest absolute Gasteiger partial charge is 0.0625 e. The number of rotatable bonds is 7. The fourth-order valence-corrected chi connectivity index (χ4v) is 3.70. The predicted octanol–water partition coefficient (Wildman–Crippen LogP) is 2.80. The highest BCUT2D eigenvalue weighted by molar-refractivity contribution is 5.11. The lowest BCUT2D eigenvalue weighted by Gasteiger charge is -2.39. The third-order valence-electron chi connectivity index (χ3n) is 4.99. The van der Waals surface area contributed by atoms with E-state index in [0.717, 1.165) is 32.6 Å². The van der Waals surface area contributed by atoms with E-state index in [2.05, 4.69) is 41.5 Å². The maximum atomic E-state index is 6.02. The minimum Gasteiger partial charge on any atom is -0.330 e. The lowest BCUT2D eigenvalue weighted by Crippen LogP contribution is -2.44. The molecule has 2 atom stereocenters. The number of nitrogens with zero attached hydrogens (tertiary/aromatic N) is 3. The first-order valence-corrected chi connectivity index (χ1v) is 8.73. The van der Waals surface area contributed by atoms with Crippen LogP contribution in [0.25, 0.3) is 0 Å². The molecule has 0 aromatic carbocycles. The molecule has 1 aliphatic carbocycles. The Morgan fingerprint density at radius 1 is 1.29 bits per heavy atom. The van der Waals surface area contributed by atoms with E-state index in [1.54, 1.807) is 0 Å². The summed E-state index contributed by atoms with van der Waals surface area (Å²) >= 11 is 0. The van der Waals surface area contributed by atoms with Gasteiger partial charge in [0.05, 0.1) is 11.4 Å². The summed E-state index contributed by atoms with van der Waals surface area (Å²) in [6.45, 7) is 10.5. The molecule has 120 valence electrons. The van der Waals surface area contributed by atoms with E-state index in [1.807, 2.05) is 0 Å². The molecule has 21 heavy (non-hydrogen) atoms. The predicted molar refractivity (Wildman–Crippen MR) is 88.2 cm³/mol. The molecule has 1 fully saturated rings. The highest BCUT2D eigenvalue weighted by atomic mass is 15.3. The second-order valence-corrected chi connectivity index (χ2v) is 6.21. The summed E-state index contributed by atoms with van der Waals surface area (Å²) in [5, 5.41) is 4.68. The van der Waals surface area contributed by atoms with Crippen molar-refractivity contribution >= 4 is 0 Å². The van der Waals surface area contributed by atoms with Crippen LogP contribution in [0.3, 0.4) is 0 Å². The SMILES string of the molecule is CCc1cc(CN(CC)C2CCCCC2CN)n(CC)n1. The van der Waals surface area contributed by atoms with Crippen molar-refractivity contribution in [2.45, 2.75) is 72.0 Å². The molecule has 0 amide bonds. The number of hydrogen-bond donors (Lipinski definition) is 1. The Hall–Kier alpha value is -0.870. The van der Waals surface area contributed by atoms with Crippen LogP contribution in [-0.4, -0.2) is 33.8 Å². The lowest BCUT2D eigenvalue weighted by molar-refractivity contribution is 0.103. The van der Waals surface area contributed by atoms with Gasteiger partial charge in [0.25, 0.3) is 0 Å². The van der Waals surface area contributed by atoms with E-state index in [0.29, 0.717) is 12.0 Å². The van der Waals surface area contributed by atoms with E-state index in [9.17, 15) is 0 Å². The van der Waals surface area contributed by atoms with Crippen LogP contribution in [0.1, 0.15) is 57.8 Å². The maximum Gasteiger partial charge on any atom is 0.0625 e. The Labute approximate surface area is 129 Å². The molecule has 2 N–H and O–H groups in total. The molecule has 0 bridgehead atoms. The largest absolute Gasteiger partial charge is 0.330 e. The number of hydrogen-bond acceptors (Lipinski definition) is 3. The van der Waals surface area contributed by atoms with E-state index in [4.69, 9.17) is 5.73 Å². The Morgan fingerprint density at radius 2 is 2.05 bits per heavy atom. The molecule has 2 unspecified atom stereocenters. The quantitative estimate of drug-likeness (QED) is 0.840.